The normalized spacial score (nSPS) is 10.6. The first-order chi connectivity index (χ1) is 5.59. The van der Waals surface area contributed by atoms with Crippen molar-refractivity contribution in [2.45, 2.75) is 20.3 Å². The molecule has 0 aliphatic carbocycles. The molecule has 0 bridgehead atoms. The lowest BCUT2D eigenvalue weighted by Crippen LogP contribution is -2.11. The van der Waals surface area contributed by atoms with Crippen molar-refractivity contribution in [3.05, 3.63) is 22.4 Å². The van der Waals surface area contributed by atoms with Crippen LogP contribution in [-0.2, 0) is 11.2 Å². The number of Topliss-reactive ketones (excluding diaryl/α,β-unsaturated/α-hetero) is 1. The topological polar surface area (TPSA) is 65.7 Å². The van der Waals surface area contributed by atoms with Gasteiger partial charge in [-0.1, -0.05) is 13.8 Å². The van der Waals surface area contributed by atoms with Crippen molar-refractivity contribution >= 4 is 5.78 Å². The Kier molecular flexibility index (Phi) is 2.47. The van der Waals surface area contributed by atoms with E-state index in [1.807, 2.05) is 13.8 Å². The van der Waals surface area contributed by atoms with Crippen molar-refractivity contribution in [3.8, 4) is 0 Å². The summed E-state index contributed by atoms with van der Waals surface area (Å²) in [5.74, 6) is 0.147. The minimum absolute atomic E-state index is 0.0170. The number of nitrogens with one attached hydrogen (secondary N) is 2. The van der Waals surface area contributed by atoms with E-state index in [1.54, 1.807) is 0 Å². The summed E-state index contributed by atoms with van der Waals surface area (Å²) in [5.41, 5.74) is 0.389. The first-order valence-electron chi connectivity index (χ1n) is 3.89. The maximum atomic E-state index is 11.2. The van der Waals surface area contributed by atoms with Gasteiger partial charge < -0.3 is 9.97 Å². The molecule has 0 fully saturated rings. The molecule has 1 aromatic heterocycles. The lowest BCUT2D eigenvalue weighted by atomic mass is 10.1. The third kappa shape index (κ3) is 2.08. The number of H-pyrrole nitrogens is 2. The van der Waals surface area contributed by atoms with Crippen LogP contribution in [0.2, 0.25) is 0 Å². The van der Waals surface area contributed by atoms with Gasteiger partial charge in [0.2, 0.25) is 0 Å². The molecular weight excluding hydrogens is 156 g/mol. The van der Waals surface area contributed by atoms with E-state index in [2.05, 4.69) is 9.97 Å². The SMILES string of the molecule is CC(C)C(=O)Cc1c[nH]c(=O)[nH]1. The van der Waals surface area contributed by atoms with E-state index in [0.29, 0.717) is 12.1 Å². The monoisotopic (exact) mass is 168 g/mol. The number of aromatic amines is 2. The number of hydrogen-bond acceptors (Lipinski definition) is 2. The van der Waals surface area contributed by atoms with Crippen molar-refractivity contribution in [3.63, 3.8) is 0 Å². The van der Waals surface area contributed by atoms with Crippen LogP contribution >= 0.6 is 0 Å². The van der Waals surface area contributed by atoms with Crippen molar-refractivity contribution in [2.24, 2.45) is 5.92 Å². The van der Waals surface area contributed by atoms with Crippen LogP contribution in [0, 0.1) is 5.92 Å². The van der Waals surface area contributed by atoms with Crippen LogP contribution in [0.5, 0.6) is 0 Å². The predicted octanol–water partition coefficient (Wildman–Crippen LogP) is 0.471. The molecule has 0 aliphatic heterocycles. The molecule has 0 aromatic carbocycles. The highest BCUT2D eigenvalue weighted by atomic mass is 16.1. The van der Waals surface area contributed by atoms with Crippen molar-refractivity contribution < 1.29 is 4.79 Å². The summed E-state index contributed by atoms with van der Waals surface area (Å²) in [6, 6.07) is 0. The standard InChI is InChI=1S/C8H12N2O2/c1-5(2)7(11)3-6-4-9-8(12)10-6/h4-5H,3H2,1-2H3,(H2,9,10,12). The second-order valence-corrected chi connectivity index (χ2v) is 3.07. The van der Waals surface area contributed by atoms with E-state index >= 15 is 0 Å². The van der Waals surface area contributed by atoms with E-state index in [1.165, 1.54) is 6.20 Å². The molecule has 1 heterocycles. The number of ketones is 1. The van der Waals surface area contributed by atoms with Gasteiger partial charge in [0, 0.05) is 24.2 Å². The van der Waals surface area contributed by atoms with Gasteiger partial charge in [0.1, 0.15) is 5.78 Å². The molecule has 12 heavy (non-hydrogen) atoms. The van der Waals surface area contributed by atoms with Crippen molar-refractivity contribution in [1.82, 2.24) is 9.97 Å². The zero-order chi connectivity index (χ0) is 9.14. The Morgan fingerprint density at radius 1 is 1.58 bits per heavy atom. The largest absolute Gasteiger partial charge is 0.323 e. The lowest BCUT2D eigenvalue weighted by molar-refractivity contribution is -0.121. The van der Waals surface area contributed by atoms with E-state index in [0.717, 1.165) is 0 Å². The maximum absolute atomic E-state index is 11.2. The van der Waals surface area contributed by atoms with E-state index in [4.69, 9.17) is 0 Å². The molecule has 66 valence electrons. The highest BCUT2D eigenvalue weighted by Gasteiger charge is 2.08. The fraction of sp³-hybridized carbons (Fsp3) is 0.500. The number of carbonyl (C=O) groups is 1. The molecule has 1 rings (SSSR count). The number of rotatable bonds is 3. The number of imidazole rings is 1. The van der Waals surface area contributed by atoms with Gasteiger partial charge in [-0.05, 0) is 0 Å². The Hall–Kier alpha value is -1.32. The molecule has 0 saturated carbocycles. The predicted molar refractivity (Wildman–Crippen MR) is 45.0 cm³/mol. The third-order valence-corrected chi connectivity index (χ3v) is 1.66. The first kappa shape index (κ1) is 8.77. The molecule has 0 unspecified atom stereocenters. The molecule has 0 atom stereocenters. The molecule has 4 heteroatoms. The maximum Gasteiger partial charge on any atom is 0.323 e. The van der Waals surface area contributed by atoms with Crippen LogP contribution in [0.1, 0.15) is 19.5 Å². The highest BCUT2D eigenvalue weighted by Crippen LogP contribution is 2.00. The van der Waals surface area contributed by atoms with Crippen molar-refractivity contribution in [1.29, 1.82) is 0 Å². The van der Waals surface area contributed by atoms with Crippen LogP contribution in [0.3, 0.4) is 0 Å². The van der Waals surface area contributed by atoms with Crippen LogP contribution in [-0.4, -0.2) is 15.8 Å². The van der Waals surface area contributed by atoms with Gasteiger partial charge in [-0.15, -0.1) is 0 Å². The zero-order valence-electron chi connectivity index (χ0n) is 7.18. The fourth-order valence-electron chi connectivity index (χ4n) is 0.858. The third-order valence-electron chi connectivity index (χ3n) is 1.66. The first-order valence-corrected chi connectivity index (χ1v) is 3.89. The van der Waals surface area contributed by atoms with E-state index < -0.39 is 0 Å². The summed E-state index contributed by atoms with van der Waals surface area (Å²) < 4.78 is 0. The molecule has 0 saturated heterocycles. The van der Waals surface area contributed by atoms with Gasteiger partial charge in [0.15, 0.2) is 0 Å². The van der Waals surface area contributed by atoms with Crippen LogP contribution in [0.4, 0.5) is 0 Å². The molecule has 2 N–H and O–H groups in total. The smallest absolute Gasteiger partial charge is 0.313 e. The van der Waals surface area contributed by atoms with E-state index in [-0.39, 0.29) is 17.4 Å². The summed E-state index contributed by atoms with van der Waals surface area (Å²) in [6.07, 6.45) is 1.83. The quantitative estimate of drug-likeness (QED) is 0.689. The fourth-order valence-corrected chi connectivity index (χ4v) is 0.858. The van der Waals surface area contributed by atoms with Crippen LogP contribution in [0.25, 0.3) is 0 Å². The van der Waals surface area contributed by atoms with Gasteiger partial charge in [0.05, 0.1) is 0 Å². The molecule has 1 aromatic rings. The zero-order valence-corrected chi connectivity index (χ0v) is 7.18. The Morgan fingerprint density at radius 2 is 2.25 bits per heavy atom. The van der Waals surface area contributed by atoms with Gasteiger partial charge in [0.25, 0.3) is 0 Å². The average Bonchev–Trinajstić information content (AvgIpc) is 2.35. The second kappa shape index (κ2) is 3.38. The summed E-state index contributed by atoms with van der Waals surface area (Å²) in [4.78, 5) is 26.8. The number of aromatic nitrogens is 2. The van der Waals surface area contributed by atoms with Crippen molar-refractivity contribution in [2.75, 3.05) is 0 Å². The summed E-state index contributed by atoms with van der Waals surface area (Å²) in [7, 11) is 0. The van der Waals surface area contributed by atoms with Crippen LogP contribution < -0.4 is 5.69 Å². The summed E-state index contributed by atoms with van der Waals surface area (Å²) >= 11 is 0. The van der Waals surface area contributed by atoms with Gasteiger partial charge >= 0.3 is 5.69 Å². The summed E-state index contributed by atoms with van der Waals surface area (Å²) in [6.45, 7) is 3.68. The molecule has 4 nitrogen and oxygen atoms in total. The molecular formula is C8H12N2O2. The number of hydrogen-bond donors (Lipinski definition) is 2. The number of carbonyl (C=O) groups excluding carboxylic acids is 1. The van der Waals surface area contributed by atoms with Gasteiger partial charge in [-0.25, -0.2) is 4.79 Å². The molecule has 0 radical (unpaired) electrons. The minimum Gasteiger partial charge on any atom is -0.313 e. The van der Waals surface area contributed by atoms with Crippen LogP contribution in [0.15, 0.2) is 11.0 Å². The van der Waals surface area contributed by atoms with Gasteiger partial charge in [-0.2, -0.15) is 0 Å². The lowest BCUT2D eigenvalue weighted by Gasteiger charge is -2.00. The van der Waals surface area contributed by atoms with E-state index in [9.17, 15) is 9.59 Å². The Bertz CT molecular complexity index is 322. The Balaban J connectivity index is 2.64. The molecule has 0 amide bonds. The Morgan fingerprint density at radius 3 is 2.67 bits per heavy atom. The summed E-state index contributed by atoms with van der Waals surface area (Å²) in [5, 5.41) is 0. The molecule has 0 aliphatic rings. The average molecular weight is 168 g/mol. The molecule has 0 spiro atoms. The Labute approximate surface area is 70.0 Å². The second-order valence-electron chi connectivity index (χ2n) is 3.07. The highest BCUT2D eigenvalue weighted by molar-refractivity contribution is 5.82. The minimum atomic E-state index is -0.262. The van der Waals surface area contributed by atoms with Gasteiger partial charge in [-0.3, -0.25) is 4.79 Å².